The van der Waals surface area contributed by atoms with E-state index in [2.05, 4.69) is 10.4 Å². The van der Waals surface area contributed by atoms with Crippen LogP contribution in [0.1, 0.15) is 41.4 Å². The summed E-state index contributed by atoms with van der Waals surface area (Å²) in [6, 6.07) is 13.0. The van der Waals surface area contributed by atoms with E-state index in [1.165, 1.54) is 0 Å². The molecule has 7 nitrogen and oxygen atoms in total. The van der Waals surface area contributed by atoms with Crippen molar-refractivity contribution < 1.29 is 14.3 Å². The van der Waals surface area contributed by atoms with E-state index < -0.39 is 11.9 Å². The average molecular weight is 338 g/mol. The molecular weight excluding hydrogens is 320 g/mol. The number of amides is 1. The van der Waals surface area contributed by atoms with Gasteiger partial charge >= 0.3 is 5.97 Å². The lowest BCUT2D eigenvalue weighted by Crippen LogP contribution is -2.29. The summed E-state index contributed by atoms with van der Waals surface area (Å²) in [4.78, 5) is 24.0. The minimum absolute atomic E-state index is 0.214. The maximum atomic E-state index is 12.4. The van der Waals surface area contributed by atoms with Crippen LogP contribution in [0.5, 0.6) is 0 Å². The predicted molar refractivity (Wildman–Crippen MR) is 89.1 cm³/mol. The highest BCUT2D eigenvalue weighted by Crippen LogP contribution is 2.39. The minimum atomic E-state index is -0.598. The van der Waals surface area contributed by atoms with Gasteiger partial charge in [0.05, 0.1) is 23.9 Å². The van der Waals surface area contributed by atoms with E-state index in [1.807, 2.05) is 36.4 Å². The number of esters is 1. The molecule has 0 atom stereocenters. The van der Waals surface area contributed by atoms with Crippen LogP contribution in [-0.4, -0.2) is 34.8 Å². The molecule has 7 heteroatoms. The molecule has 0 saturated heterocycles. The SMILES string of the molecule is N#CCCNC(=O)COC(=O)c1cc(C2CC2)nn1-c1ccccc1. The quantitative estimate of drug-likeness (QED) is 0.614. The molecule has 1 saturated carbocycles. The van der Waals surface area contributed by atoms with Crippen LogP contribution in [0.25, 0.3) is 5.69 Å². The van der Waals surface area contributed by atoms with Crippen molar-refractivity contribution in [2.75, 3.05) is 13.2 Å². The Hall–Kier alpha value is -3.14. The van der Waals surface area contributed by atoms with Crippen LogP contribution in [0.3, 0.4) is 0 Å². The molecule has 1 amide bonds. The van der Waals surface area contributed by atoms with Crippen molar-refractivity contribution >= 4 is 11.9 Å². The molecule has 3 rings (SSSR count). The Kier molecular flexibility index (Phi) is 5.09. The van der Waals surface area contributed by atoms with Crippen LogP contribution in [0.4, 0.5) is 0 Å². The largest absolute Gasteiger partial charge is 0.451 e. The Bertz CT molecular complexity index is 803. The fourth-order valence-electron chi connectivity index (χ4n) is 2.40. The molecule has 1 aromatic heterocycles. The zero-order valence-electron chi connectivity index (χ0n) is 13.6. The van der Waals surface area contributed by atoms with Gasteiger partial charge in [-0.25, -0.2) is 9.48 Å². The smallest absolute Gasteiger partial charge is 0.357 e. The number of nitrogens with one attached hydrogen (secondary N) is 1. The Morgan fingerprint density at radius 1 is 1.32 bits per heavy atom. The summed E-state index contributed by atoms with van der Waals surface area (Å²) in [6.07, 6.45) is 2.36. The van der Waals surface area contributed by atoms with E-state index in [0.29, 0.717) is 11.6 Å². The standard InChI is InChI=1S/C18H18N4O3/c19-9-4-10-20-17(23)12-25-18(24)16-11-15(13-7-8-13)21-22(16)14-5-2-1-3-6-14/h1-3,5-6,11,13H,4,7-8,10,12H2,(H,20,23). The third-order valence-corrected chi connectivity index (χ3v) is 3.83. The summed E-state index contributed by atoms with van der Waals surface area (Å²) < 4.78 is 6.66. The zero-order valence-corrected chi connectivity index (χ0v) is 13.6. The molecule has 1 N–H and O–H groups in total. The number of nitrogens with zero attached hydrogens (tertiary/aromatic N) is 3. The topological polar surface area (TPSA) is 97.0 Å². The molecule has 1 heterocycles. The molecule has 25 heavy (non-hydrogen) atoms. The van der Waals surface area contributed by atoms with Crippen molar-refractivity contribution in [1.82, 2.24) is 15.1 Å². The van der Waals surface area contributed by atoms with Gasteiger partial charge in [0.15, 0.2) is 12.3 Å². The van der Waals surface area contributed by atoms with Gasteiger partial charge in [-0.05, 0) is 31.0 Å². The van der Waals surface area contributed by atoms with Gasteiger partial charge < -0.3 is 10.1 Å². The van der Waals surface area contributed by atoms with Gasteiger partial charge in [0.1, 0.15) is 0 Å². The Morgan fingerprint density at radius 2 is 2.08 bits per heavy atom. The number of hydrogen-bond donors (Lipinski definition) is 1. The second kappa shape index (κ2) is 7.62. The highest BCUT2D eigenvalue weighted by molar-refractivity contribution is 5.90. The summed E-state index contributed by atoms with van der Waals surface area (Å²) >= 11 is 0. The van der Waals surface area contributed by atoms with Crippen molar-refractivity contribution in [2.24, 2.45) is 0 Å². The number of ether oxygens (including phenoxy) is 1. The van der Waals surface area contributed by atoms with Crippen LogP contribution < -0.4 is 5.32 Å². The molecule has 0 unspecified atom stereocenters. The van der Waals surface area contributed by atoms with Gasteiger partial charge in [-0.2, -0.15) is 10.4 Å². The first-order valence-electron chi connectivity index (χ1n) is 8.15. The Balaban J connectivity index is 1.71. The van der Waals surface area contributed by atoms with E-state index in [1.54, 1.807) is 10.7 Å². The van der Waals surface area contributed by atoms with Gasteiger partial charge in [-0.15, -0.1) is 0 Å². The molecule has 1 aromatic carbocycles. The number of carbonyl (C=O) groups is 2. The lowest BCUT2D eigenvalue weighted by atomic mass is 10.2. The number of benzene rings is 1. The van der Waals surface area contributed by atoms with E-state index in [4.69, 9.17) is 10.00 Å². The van der Waals surface area contributed by atoms with Crippen LogP contribution in [-0.2, 0) is 9.53 Å². The van der Waals surface area contributed by atoms with Crippen LogP contribution in [0.2, 0.25) is 0 Å². The number of rotatable bonds is 7. The van der Waals surface area contributed by atoms with Gasteiger partial charge in [0.25, 0.3) is 5.91 Å². The predicted octanol–water partition coefficient (Wildman–Crippen LogP) is 1.94. The minimum Gasteiger partial charge on any atom is -0.451 e. The molecular formula is C18H18N4O3. The highest BCUT2D eigenvalue weighted by Gasteiger charge is 2.29. The van der Waals surface area contributed by atoms with Gasteiger partial charge in [-0.3, -0.25) is 4.79 Å². The van der Waals surface area contributed by atoms with Gasteiger partial charge in [0, 0.05) is 12.5 Å². The first-order chi connectivity index (χ1) is 12.2. The molecule has 1 aliphatic carbocycles. The zero-order chi connectivity index (χ0) is 17.6. The van der Waals surface area contributed by atoms with Crippen molar-refractivity contribution in [2.45, 2.75) is 25.2 Å². The van der Waals surface area contributed by atoms with Crippen LogP contribution in [0.15, 0.2) is 36.4 Å². The second-order valence-corrected chi connectivity index (χ2v) is 5.81. The van der Waals surface area contributed by atoms with Crippen molar-refractivity contribution in [3.05, 3.63) is 47.8 Å². The molecule has 1 fully saturated rings. The third kappa shape index (κ3) is 4.23. The van der Waals surface area contributed by atoms with Crippen molar-refractivity contribution in [3.8, 4) is 11.8 Å². The summed E-state index contributed by atoms with van der Waals surface area (Å²) in [6.45, 7) is -0.149. The molecule has 0 bridgehead atoms. The number of nitriles is 1. The fourth-order valence-corrected chi connectivity index (χ4v) is 2.40. The molecule has 2 aromatic rings. The normalized spacial score (nSPS) is 13.1. The monoisotopic (exact) mass is 338 g/mol. The third-order valence-electron chi connectivity index (χ3n) is 3.83. The summed E-state index contributed by atoms with van der Waals surface area (Å²) in [5.74, 6) is -0.638. The lowest BCUT2D eigenvalue weighted by molar-refractivity contribution is -0.124. The molecule has 0 radical (unpaired) electrons. The van der Waals surface area contributed by atoms with Crippen LogP contribution in [0, 0.1) is 11.3 Å². The van der Waals surface area contributed by atoms with Gasteiger partial charge in [0.2, 0.25) is 0 Å². The van der Waals surface area contributed by atoms with Crippen molar-refractivity contribution in [1.29, 1.82) is 5.26 Å². The molecule has 128 valence electrons. The number of carbonyl (C=O) groups excluding carboxylic acids is 2. The number of para-hydroxylation sites is 1. The fraction of sp³-hybridized carbons (Fsp3) is 0.333. The first-order valence-corrected chi connectivity index (χ1v) is 8.15. The lowest BCUT2D eigenvalue weighted by Gasteiger charge is -2.08. The van der Waals surface area contributed by atoms with E-state index in [-0.39, 0.29) is 19.6 Å². The highest BCUT2D eigenvalue weighted by atomic mass is 16.5. The number of hydrogen-bond acceptors (Lipinski definition) is 5. The number of aromatic nitrogens is 2. The summed E-state index contributed by atoms with van der Waals surface area (Å²) in [7, 11) is 0. The summed E-state index contributed by atoms with van der Waals surface area (Å²) in [5.41, 5.74) is 1.94. The molecule has 1 aliphatic rings. The molecule has 0 aliphatic heterocycles. The van der Waals surface area contributed by atoms with Crippen molar-refractivity contribution in [3.63, 3.8) is 0 Å². The Labute approximate surface area is 145 Å². The van der Waals surface area contributed by atoms with Crippen LogP contribution >= 0.6 is 0 Å². The van der Waals surface area contributed by atoms with E-state index >= 15 is 0 Å². The van der Waals surface area contributed by atoms with E-state index in [0.717, 1.165) is 24.2 Å². The second-order valence-electron chi connectivity index (χ2n) is 5.81. The molecule has 0 spiro atoms. The summed E-state index contributed by atoms with van der Waals surface area (Å²) in [5, 5.41) is 15.5. The Morgan fingerprint density at radius 3 is 2.76 bits per heavy atom. The van der Waals surface area contributed by atoms with E-state index in [9.17, 15) is 9.59 Å². The maximum Gasteiger partial charge on any atom is 0.357 e. The maximum absolute atomic E-state index is 12.4. The average Bonchev–Trinajstić information content (AvgIpc) is 3.39. The first kappa shape index (κ1) is 16.7. The van der Waals surface area contributed by atoms with Gasteiger partial charge in [-0.1, -0.05) is 18.2 Å².